The van der Waals surface area contributed by atoms with E-state index < -0.39 is 0 Å². The van der Waals surface area contributed by atoms with Gasteiger partial charge in [-0.05, 0) is 18.2 Å². The Morgan fingerprint density at radius 1 is 1.09 bits per heavy atom. The van der Waals surface area contributed by atoms with Crippen LogP contribution in [0.5, 0.6) is 0 Å². The summed E-state index contributed by atoms with van der Waals surface area (Å²) in [5, 5.41) is 0. The van der Waals surface area contributed by atoms with Gasteiger partial charge in [0.25, 0.3) is 0 Å². The number of anilines is 1. The summed E-state index contributed by atoms with van der Waals surface area (Å²) >= 11 is 0. The number of aliphatic imine (C=N–C) groups is 1. The van der Waals surface area contributed by atoms with Gasteiger partial charge >= 0.3 is 0 Å². The Morgan fingerprint density at radius 2 is 1.74 bits per heavy atom. The normalized spacial score (nSPS) is 15.4. The van der Waals surface area contributed by atoms with E-state index in [1.54, 1.807) is 0 Å². The highest BCUT2D eigenvalue weighted by molar-refractivity contribution is 5.79. The molecule has 6 heteroatoms. The Kier molecular flexibility index (Phi) is 6.21. The highest BCUT2D eigenvalue weighted by atomic mass is 15.3. The molecule has 0 radical (unpaired) electrons. The Hall–Kier alpha value is -1.82. The predicted molar refractivity (Wildman–Crippen MR) is 97.1 cm³/mol. The standard InChI is InChI=1S/C17H30N6/c1-6-22-9-11-23(12-10-22)16-8-7-15(13-18-16)14-19-17(20(2)3)21(4)5/h7-8,13H,6,9-12,14H2,1-5H3. The molecule has 0 spiro atoms. The molecule has 1 fully saturated rings. The van der Waals surface area contributed by atoms with Gasteiger partial charge in [-0.1, -0.05) is 13.0 Å². The Morgan fingerprint density at radius 3 is 2.22 bits per heavy atom. The first-order valence-electron chi connectivity index (χ1n) is 8.32. The third kappa shape index (κ3) is 4.82. The summed E-state index contributed by atoms with van der Waals surface area (Å²) < 4.78 is 0. The molecule has 6 nitrogen and oxygen atoms in total. The fraction of sp³-hybridized carbons (Fsp3) is 0.647. The summed E-state index contributed by atoms with van der Waals surface area (Å²) in [6.45, 7) is 8.38. The van der Waals surface area contributed by atoms with Crippen molar-refractivity contribution in [3.8, 4) is 0 Å². The van der Waals surface area contributed by atoms with Gasteiger partial charge in [0.05, 0.1) is 6.54 Å². The fourth-order valence-corrected chi connectivity index (χ4v) is 2.84. The molecule has 0 atom stereocenters. The third-order valence-electron chi connectivity index (χ3n) is 4.16. The van der Waals surface area contributed by atoms with E-state index in [1.165, 1.54) is 0 Å². The van der Waals surface area contributed by atoms with Crippen LogP contribution in [0, 0.1) is 0 Å². The summed E-state index contributed by atoms with van der Waals surface area (Å²) in [6, 6.07) is 4.26. The van der Waals surface area contributed by atoms with Crippen molar-refractivity contribution in [1.29, 1.82) is 0 Å². The second-order valence-electron chi connectivity index (χ2n) is 6.35. The first-order valence-corrected chi connectivity index (χ1v) is 8.32. The quantitative estimate of drug-likeness (QED) is 0.616. The minimum atomic E-state index is 0.655. The molecule has 128 valence electrons. The molecule has 2 heterocycles. The van der Waals surface area contributed by atoms with E-state index in [2.05, 4.69) is 38.8 Å². The maximum absolute atomic E-state index is 4.66. The maximum Gasteiger partial charge on any atom is 0.195 e. The smallest absolute Gasteiger partial charge is 0.195 e. The van der Waals surface area contributed by atoms with Crippen LogP contribution in [0.2, 0.25) is 0 Å². The SMILES string of the molecule is CCN1CCN(c2ccc(CN=C(N(C)C)N(C)C)cn2)CC1. The zero-order chi connectivity index (χ0) is 16.8. The van der Waals surface area contributed by atoms with Gasteiger partial charge in [0.2, 0.25) is 0 Å². The molecule has 2 rings (SSSR count). The second-order valence-corrected chi connectivity index (χ2v) is 6.35. The lowest BCUT2D eigenvalue weighted by molar-refractivity contribution is 0.270. The number of rotatable bonds is 4. The van der Waals surface area contributed by atoms with E-state index in [4.69, 9.17) is 0 Å². The zero-order valence-electron chi connectivity index (χ0n) is 15.2. The molecule has 0 aliphatic carbocycles. The number of aromatic nitrogens is 1. The highest BCUT2D eigenvalue weighted by Crippen LogP contribution is 2.14. The topological polar surface area (TPSA) is 38.2 Å². The van der Waals surface area contributed by atoms with Crippen molar-refractivity contribution in [2.24, 2.45) is 4.99 Å². The molecule has 1 aliphatic rings. The van der Waals surface area contributed by atoms with Crippen LogP contribution in [0.1, 0.15) is 12.5 Å². The van der Waals surface area contributed by atoms with E-state index in [1.807, 2.05) is 44.2 Å². The number of piperazine rings is 1. The van der Waals surface area contributed by atoms with E-state index >= 15 is 0 Å². The number of nitrogens with zero attached hydrogens (tertiary/aromatic N) is 6. The average molecular weight is 318 g/mol. The molecule has 0 unspecified atom stereocenters. The van der Waals surface area contributed by atoms with Crippen molar-refractivity contribution in [2.45, 2.75) is 13.5 Å². The lowest BCUT2D eigenvalue weighted by atomic mass is 10.2. The summed E-state index contributed by atoms with van der Waals surface area (Å²) in [6.07, 6.45) is 1.95. The van der Waals surface area contributed by atoms with Gasteiger partial charge in [-0.25, -0.2) is 9.98 Å². The van der Waals surface area contributed by atoms with E-state index in [-0.39, 0.29) is 0 Å². The number of likely N-dealkylation sites (N-methyl/N-ethyl adjacent to an activating group) is 1. The van der Waals surface area contributed by atoms with Crippen LogP contribution in [-0.4, -0.2) is 86.6 Å². The van der Waals surface area contributed by atoms with E-state index in [0.717, 1.165) is 50.1 Å². The van der Waals surface area contributed by atoms with Crippen LogP contribution in [0.3, 0.4) is 0 Å². The zero-order valence-corrected chi connectivity index (χ0v) is 15.2. The third-order valence-corrected chi connectivity index (χ3v) is 4.16. The lowest BCUT2D eigenvalue weighted by Gasteiger charge is -2.34. The molecular formula is C17H30N6. The van der Waals surface area contributed by atoms with Gasteiger partial charge in [0.15, 0.2) is 5.96 Å². The van der Waals surface area contributed by atoms with Crippen LogP contribution < -0.4 is 4.90 Å². The van der Waals surface area contributed by atoms with Crippen molar-refractivity contribution >= 4 is 11.8 Å². The van der Waals surface area contributed by atoms with Crippen molar-refractivity contribution in [3.05, 3.63) is 23.9 Å². The van der Waals surface area contributed by atoms with Gasteiger partial charge in [0, 0.05) is 60.6 Å². The minimum Gasteiger partial charge on any atom is -0.354 e. The van der Waals surface area contributed by atoms with Crippen molar-refractivity contribution in [3.63, 3.8) is 0 Å². The van der Waals surface area contributed by atoms with Crippen LogP contribution in [0.15, 0.2) is 23.3 Å². The van der Waals surface area contributed by atoms with Gasteiger partial charge in [-0.2, -0.15) is 0 Å². The fourth-order valence-electron chi connectivity index (χ4n) is 2.84. The molecule has 1 saturated heterocycles. The van der Waals surface area contributed by atoms with E-state index in [0.29, 0.717) is 6.54 Å². The molecule has 1 aromatic rings. The molecule has 1 aliphatic heterocycles. The molecule has 0 N–H and O–H groups in total. The highest BCUT2D eigenvalue weighted by Gasteiger charge is 2.16. The lowest BCUT2D eigenvalue weighted by Crippen LogP contribution is -2.46. The second kappa shape index (κ2) is 8.15. The van der Waals surface area contributed by atoms with Crippen molar-refractivity contribution in [2.75, 3.05) is 65.8 Å². The van der Waals surface area contributed by atoms with E-state index in [9.17, 15) is 0 Å². The van der Waals surface area contributed by atoms with Crippen molar-refractivity contribution in [1.82, 2.24) is 19.7 Å². The van der Waals surface area contributed by atoms with Gasteiger partial charge in [-0.3, -0.25) is 0 Å². The number of guanidine groups is 1. The first kappa shape index (κ1) is 17.5. The number of hydrogen-bond acceptors (Lipinski definition) is 4. The summed E-state index contributed by atoms with van der Waals surface area (Å²) in [5.74, 6) is 2.04. The molecule has 0 bridgehead atoms. The average Bonchev–Trinajstić information content (AvgIpc) is 2.55. The Labute approximate surface area is 140 Å². The predicted octanol–water partition coefficient (Wildman–Crippen LogP) is 1.20. The molecule has 0 aromatic carbocycles. The van der Waals surface area contributed by atoms with Crippen molar-refractivity contribution < 1.29 is 0 Å². The molecule has 1 aromatic heterocycles. The van der Waals surface area contributed by atoms with Crippen LogP contribution in [-0.2, 0) is 6.54 Å². The minimum absolute atomic E-state index is 0.655. The number of pyridine rings is 1. The number of hydrogen-bond donors (Lipinski definition) is 0. The van der Waals surface area contributed by atoms with Crippen LogP contribution in [0.25, 0.3) is 0 Å². The Bertz CT molecular complexity index is 490. The van der Waals surface area contributed by atoms with Crippen LogP contribution >= 0.6 is 0 Å². The van der Waals surface area contributed by atoms with Gasteiger partial charge < -0.3 is 19.6 Å². The summed E-state index contributed by atoms with van der Waals surface area (Å²) in [5.41, 5.74) is 1.14. The molecule has 0 saturated carbocycles. The molecular weight excluding hydrogens is 288 g/mol. The molecule has 23 heavy (non-hydrogen) atoms. The van der Waals surface area contributed by atoms with Crippen LogP contribution in [0.4, 0.5) is 5.82 Å². The summed E-state index contributed by atoms with van der Waals surface area (Å²) in [7, 11) is 8.04. The largest absolute Gasteiger partial charge is 0.354 e. The monoisotopic (exact) mass is 318 g/mol. The summed E-state index contributed by atoms with van der Waals surface area (Å²) in [4.78, 5) is 18.2. The maximum atomic E-state index is 4.66. The Balaban J connectivity index is 1.96. The first-order chi connectivity index (χ1) is 11.0. The van der Waals surface area contributed by atoms with Gasteiger partial charge in [0.1, 0.15) is 5.82 Å². The molecule has 0 amide bonds. The van der Waals surface area contributed by atoms with Gasteiger partial charge in [-0.15, -0.1) is 0 Å².